The zero-order chi connectivity index (χ0) is 16.0. The van der Waals surface area contributed by atoms with E-state index in [1.165, 1.54) is 0 Å². The molecule has 5 nitrogen and oxygen atoms in total. The van der Waals surface area contributed by atoms with E-state index in [0.717, 1.165) is 21.7 Å². The lowest BCUT2D eigenvalue weighted by Crippen LogP contribution is -2.47. The van der Waals surface area contributed by atoms with Gasteiger partial charge in [0.15, 0.2) is 5.96 Å². The first-order valence-corrected chi connectivity index (χ1v) is 7.88. The van der Waals surface area contributed by atoms with E-state index in [0.29, 0.717) is 6.54 Å². The first-order valence-electron chi connectivity index (χ1n) is 6.68. The van der Waals surface area contributed by atoms with E-state index in [1.807, 2.05) is 37.9 Å². The van der Waals surface area contributed by atoms with Crippen LogP contribution in [0.3, 0.4) is 0 Å². The maximum absolute atomic E-state index is 11.8. The lowest BCUT2D eigenvalue weighted by atomic mass is 9.92. The van der Waals surface area contributed by atoms with Gasteiger partial charge >= 0.3 is 0 Å². The molecular weight excluding hydrogens is 435 g/mol. The molecule has 22 heavy (non-hydrogen) atoms. The summed E-state index contributed by atoms with van der Waals surface area (Å²) in [4.78, 5) is 19.2. The summed E-state index contributed by atoms with van der Waals surface area (Å²) in [6.45, 7) is 5.02. The normalized spacial score (nSPS) is 11.6. The van der Waals surface area contributed by atoms with Crippen LogP contribution in [0.5, 0.6) is 0 Å². The Labute approximate surface area is 158 Å². The average molecular weight is 459 g/mol. The largest absolute Gasteiger partial charge is 0.359 e. The number of carbonyl (C=O) groups is 1. The molecule has 2 N–H and O–H groups in total. The van der Waals surface area contributed by atoms with Gasteiger partial charge in [-0.2, -0.15) is 0 Å². The van der Waals surface area contributed by atoms with E-state index in [1.54, 1.807) is 25.4 Å². The molecule has 0 spiro atoms. The van der Waals surface area contributed by atoms with E-state index in [2.05, 4.69) is 15.6 Å². The summed E-state index contributed by atoms with van der Waals surface area (Å²) in [5.41, 5.74) is -0.502. The Bertz CT molecular complexity index is 519. The van der Waals surface area contributed by atoms with Gasteiger partial charge in [-0.3, -0.25) is 9.79 Å². The zero-order valence-corrected chi connectivity index (χ0v) is 17.5. The van der Waals surface area contributed by atoms with Crippen molar-refractivity contribution in [3.8, 4) is 0 Å². The number of rotatable bonds is 5. The van der Waals surface area contributed by atoms with Gasteiger partial charge in [0.2, 0.25) is 5.91 Å². The fourth-order valence-corrected chi connectivity index (χ4v) is 2.99. The number of carbonyl (C=O) groups excluding carboxylic acids is 1. The predicted molar refractivity (Wildman–Crippen MR) is 105 cm³/mol. The Morgan fingerprint density at radius 3 is 2.55 bits per heavy atom. The van der Waals surface area contributed by atoms with Crippen LogP contribution < -0.4 is 10.6 Å². The predicted octanol–water partition coefficient (Wildman–Crippen LogP) is 2.80. The molecule has 0 atom stereocenters. The van der Waals surface area contributed by atoms with Gasteiger partial charge in [0.25, 0.3) is 0 Å². The molecule has 0 saturated carbocycles. The number of halogens is 2. The molecule has 0 bridgehead atoms. The molecule has 0 aromatic carbocycles. The van der Waals surface area contributed by atoms with Crippen LogP contribution in [0.15, 0.2) is 17.1 Å². The molecule has 1 rings (SSSR count). The third-order valence-corrected chi connectivity index (χ3v) is 4.34. The van der Waals surface area contributed by atoms with Crippen molar-refractivity contribution in [2.45, 2.75) is 20.4 Å². The van der Waals surface area contributed by atoms with Crippen LogP contribution >= 0.6 is 46.9 Å². The molecule has 1 aromatic rings. The minimum absolute atomic E-state index is 0. The van der Waals surface area contributed by atoms with Gasteiger partial charge < -0.3 is 15.5 Å². The average Bonchev–Trinajstić information content (AvgIpc) is 2.83. The van der Waals surface area contributed by atoms with Crippen molar-refractivity contribution in [1.82, 2.24) is 15.5 Å². The summed E-state index contributed by atoms with van der Waals surface area (Å²) in [5.74, 6) is 0.745. The van der Waals surface area contributed by atoms with Gasteiger partial charge in [0, 0.05) is 32.6 Å². The van der Waals surface area contributed by atoms with Crippen LogP contribution in [-0.2, 0) is 11.3 Å². The molecule has 0 aliphatic heterocycles. The van der Waals surface area contributed by atoms with Gasteiger partial charge in [0.1, 0.15) is 0 Å². The minimum atomic E-state index is -0.502. The third-order valence-electron chi connectivity index (χ3n) is 3.13. The van der Waals surface area contributed by atoms with Crippen LogP contribution in [0.25, 0.3) is 0 Å². The number of amides is 1. The van der Waals surface area contributed by atoms with Gasteiger partial charge in [0.05, 0.1) is 16.3 Å². The highest BCUT2D eigenvalue weighted by atomic mass is 127. The Hall–Kier alpha value is -0.540. The summed E-state index contributed by atoms with van der Waals surface area (Å²) >= 11 is 7.49. The molecule has 8 heteroatoms. The Morgan fingerprint density at radius 2 is 2.09 bits per heavy atom. The summed E-state index contributed by atoms with van der Waals surface area (Å²) in [5, 5.41) is 5.91. The Kier molecular flexibility index (Phi) is 9.33. The van der Waals surface area contributed by atoms with Crippen molar-refractivity contribution in [3.63, 3.8) is 0 Å². The summed E-state index contributed by atoms with van der Waals surface area (Å²) < 4.78 is 0.780. The van der Waals surface area contributed by atoms with Crippen molar-refractivity contribution in [2.24, 2.45) is 10.4 Å². The van der Waals surface area contributed by atoms with Gasteiger partial charge in [-0.1, -0.05) is 11.6 Å². The number of nitrogens with zero attached hydrogens (tertiary/aromatic N) is 2. The van der Waals surface area contributed by atoms with Crippen LogP contribution in [0.4, 0.5) is 0 Å². The highest BCUT2D eigenvalue weighted by Crippen LogP contribution is 2.22. The van der Waals surface area contributed by atoms with Crippen LogP contribution in [0, 0.1) is 5.41 Å². The van der Waals surface area contributed by atoms with E-state index in [-0.39, 0.29) is 29.9 Å². The maximum atomic E-state index is 11.8. The fraction of sp³-hybridized carbons (Fsp3) is 0.571. The Balaban J connectivity index is 0.00000441. The molecule has 0 aliphatic carbocycles. The van der Waals surface area contributed by atoms with Gasteiger partial charge in [-0.15, -0.1) is 35.3 Å². The van der Waals surface area contributed by atoms with Gasteiger partial charge in [-0.05, 0) is 26.0 Å². The molecule has 126 valence electrons. The summed E-state index contributed by atoms with van der Waals surface area (Å²) in [7, 11) is 5.33. The fourth-order valence-electron chi connectivity index (χ4n) is 1.85. The monoisotopic (exact) mass is 458 g/mol. The summed E-state index contributed by atoms with van der Waals surface area (Å²) in [6, 6.07) is 3.89. The standard InChI is InChI=1S/C14H23ClN4OS.HI/c1-14(2,12(20)16-3)9-18-13(17-4)19(5)8-10-6-7-11(15)21-10;/h6-7H,8-9H2,1-5H3,(H,16,20)(H,17,18);1H. The van der Waals surface area contributed by atoms with Crippen molar-refractivity contribution in [1.29, 1.82) is 0 Å². The van der Waals surface area contributed by atoms with Crippen molar-refractivity contribution < 1.29 is 4.79 Å². The number of nitrogens with one attached hydrogen (secondary N) is 2. The lowest BCUT2D eigenvalue weighted by Gasteiger charge is -2.27. The lowest BCUT2D eigenvalue weighted by molar-refractivity contribution is -0.128. The number of hydrogen-bond donors (Lipinski definition) is 2. The second-order valence-corrected chi connectivity index (χ2v) is 7.23. The van der Waals surface area contributed by atoms with E-state index < -0.39 is 5.41 Å². The zero-order valence-electron chi connectivity index (χ0n) is 13.6. The number of thiophene rings is 1. The quantitative estimate of drug-likeness (QED) is 0.405. The minimum Gasteiger partial charge on any atom is -0.359 e. The SMILES string of the molecule is CN=C(NCC(C)(C)C(=O)NC)N(C)Cc1ccc(Cl)s1.I. The maximum Gasteiger partial charge on any atom is 0.227 e. The number of guanidine groups is 1. The number of aliphatic imine (C=N–C) groups is 1. The van der Waals surface area contributed by atoms with E-state index in [4.69, 9.17) is 11.6 Å². The topological polar surface area (TPSA) is 56.7 Å². The smallest absolute Gasteiger partial charge is 0.227 e. The van der Waals surface area contributed by atoms with Crippen LogP contribution in [0.1, 0.15) is 18.7 Å². The second-order valence-electron chi connectivity index (χ2n) is 5.43. The molecule has 0 fully saturated rings. The molecule has 1 heterocycles. The van der Waals surface area contributed by atoms with Gasteiger partial charge in [-0.25, -0.2) is 0 Å². The summed E-state index contributed by atoms with van der Waals surface area (Å²) in [6.07, 6.45) is 0. The van der Waals surface area contributed by atoms with E-state index >= 15 is 0 Å². The van der Waals surface area contributed by atoms with Crippen LogP contribution in [0.2, 0.25) is 4.34 Å². The first-order chi connectivity index (χ1) is 9.80. The molecular formula is C14H24ClIN4OS. The van der Waals surface area contributed by atoms with Crippen molar-refractivity contribution in [3.05, 3.63) is 21.3 Å². The van der Waals surface area contributed by atoms with E-state index in [9.17, 15) is 4.79 Å². The first kappa shape index (κ1) is 21.5. The highest BCUT2D eigenvalue weighted by molar-refractivity contribution is 14.0. The molecule has 0 saturated heterocycles. The highest BCUT2D eigenvalue weighted by Gasteiger charge is 2.27. The van der Waals surface area contributed by atoms with Crippen molar-refractivity contribution >= 4 is 58.8 Å². The second kappa shape index (κ2) is 9.57. The van der Waals surface area contributed by atoms with Crippen molar-refractivity contribution in [2.75, 3.05) is 27.7 Å². The molecule has 0 unspecified atom stereocenters. The molecule has 1 amide bonds. The molecule has 1 aromatic heterocycles. The van der Waals surface area contributed by atoms with Crippen LogP contribution in [-0.4, -0.2) is 44.5 Å². The third kappa shape index (κ3) is 6.29. The molecule has 0 aliphatic rings. The number of hydrogen-bond acceptors (Lipinski definition) is 3. The Morgan fingerprint density at radius 1 is 1.45 bits per heavy atom. The molecule has 0 radical (unpaired) electrons.